The summed E-state index contributed by atoms with van der Waals surface area (Å²) in [5.41, 5.74) is 5.89. The smallest absolute Gasteiger partial charge is 0.239 e. The van der Waals surface area contributed by atoms with Crippen LogP contribution in [0.25, 0.3) is 0 Å². The van der Waals surface area contributed by atoms with Crippen LogP contribution in [0.5, 0.6) is 0 Å². The lowest BCUT2D eigenvalue weighted by Crippen LogP contribution is -2.13. The molecule has 0 spiro atoms. The van der Waals surface area contributed by atoms with E-state index in [0.29, 0.717) is 10.6 Å². The highest BCUT2D eigenvalue weighted by molar-refractivity contribution is 8.00. The van der Waals surface area contributed by atoms with Crippen LogP contribution in [0.2, 0.25) is 0 Å². The fourth-order valence-corrected chi connectivity index (χ4v) is 2.87. The normalized spacial score (nSPS) is 11.6. The highest BCUT2D eigenvalue weighted by Gasteiger charge is 2.13. The lowest BCUT2D eigenvalue weighted by atomic mass is 10.3. The van der Waals surface area contributed by atoms with Crippen molar-refractivity contribution in [1.82, 2.24) is 0 Å². The van der Waals surface area contributed by atoms with Gasteiger partial charge in [0.1, 0.15) is 0 Å². The molecule has 0 saturated heterocycles. The molecule has 0 amide bonds. The van der Waals surface area contributed by atoms with Gasteiger partial charge in [-0.3, -0.25) is 0 Å². The summed E-state index contributed by atoms with van der Waals surface area (Å²) >= 11 is 1.42. The van der Waals surface area contributed by atoms with Crippen molar-refractivity contribution >= 4 is 27.5 Å². The summed E-state index contributed by atoms with van der Waals surface area (Å²) in [6.07, 6.45) is 0. The predicted molar refractivity (Wildman–Crippen MR) is 58.6 cm³/mol. The maximum absolute atomic E-state index is 11.2. The molecular weight excluding hydrogens is 220 g/mol. The average Bonchev–Trinajstić information content (AvgIpc) is 2.07. The number of hydrogen-bond donors (Lipinski definition) is 2. The van der Waals surface area contributed by atoms with E-state index in [4.69, 9.17) is 10.9 Å². The molecule has 4 nitrogen and oxygen atoms in total. The van der Waals surface area contributed by atoms with Gasteiger partial charge >= 0.3 is 0 Å². The first kappa shape index (κ1) is 11.4. The summed E-state index contributed by atoms with van der Waals surface area (Å²) in [6, 6.07) is 4.71. The van der Waals surface area contributed by atoms with Crippen LogP contribution >= 0.6 is 11.8 Å². The Kier molecular flexibility index (Phi) is 3.41. The van der Waals surface area contributed by atoms with Crippen molar-refractivity contribution in [2.45, 2.75) is 16.7 Å². The average molecular weight is 232 g/mol. The Morgan fingerprint density at radius 3 is 2.57 bits per heavy atom. The number of benzene rings is 1. The summed E-state index contributed by atoms with van der Waals surface area (Å²) in [5.74, 6) is 0.784. The Hall–Kier alpha value is -0.720. The van der Waals surface area contributed by atoms with E-state index in [-0.39, 0.29) is 4.90 Å². The van der Waals surface area contributed by atoms with E-state index in [0.717, 1.165) is 5.75 Å². The third-order valence-electron chi connectivity index (χ3n) is 1.57. The van der Waals surface area contributed by atoms with Crippen molar-refractivity contribution in [3.05, 3.63) is 18.2 Å². The number of primary sulfonamides is 1. The molecule has 0 heterocycles. The van der Waals surface area contributed by atoms with Gasteiger partial charge in [0.2, 0.25) is 10.0 Å². The van der Waals surface area contributed by atoms with Gasteiger partial charge in [0.15, 0.2) is 0 Å². The minimum atomic E-state index is -3.68. The molecule has 1 aromatic rings. The second-order valence-electron chi connectivity index (χ2n) is 2.68. The second kappa shape index (κ2) is 4.20. The quantitative estimate of drug-likeness (QED) is 0.602. The molecule has 0 fully saturated rings. The van der Waals surface area contributed by atoms with Crippen LogP contribution in [0.15, 0.2) is 28.0 Å². The number of anilines is 1. The van der Waals surface area contributed by atoms with E-state index in [9.17, 15) is 8.42 Å². The predicted octanol–water partition coefficient (Wildman–Crippen LogP) is 1.03. The Labute approximate surface area is 87.7 Å². The molecule has 1 aromatic carbocycles. The minimum Gasteiger partial charge on any atom is -0.399 e. The van der Waals surface area contributed by atoms with E-state index < -0.39 is 10.0 Å². The molecule has 14 heavy (non-hydrogen) atoms. The highest BCUT2D eigenvalue weighted by Crippen LogP contribution is 2.27. The molecule has 0 aliphatic heterocycles. The molecule has 0 bridgehead atoms. The standard InChI is InChI=1S/C8H12N2O2S2/c1-2-13-7-4-3-6(9)5-8(7)14(10,11)12/h3-5H,2,9H2,1H3,(H2,10,11,12). The summed E-state index contributed by atoms with van der Waals surface area (Å²) < 4.78 is 22.4. The van der Waals surface area contributed by atoms with Crippen molar-refractivity contribution in [2.75, 3.05) is 11.5 Å². The van der Waals surface area contributed by atoms with Crippen molar-refractivity contribution in [2.24, 2.45) is 5.14 Å². The van der Waals surface area contributed by atoms with Crippen molar-refractivity contribution < 1.29 is 8.42 Å². The van der Waals surface area contributed by atoms with Gasteiger partial charge in [-0.1, -0.05) is 6.92 Å². The van der Waals surface area contributed by atoms with E-state index in [1.54, 1.807) is 12.1 Å². The largest absolute Gasteiger partial charge is 0.399 e. The first-order chi connectivity index (χ1) is 6.45. The molecule has 0 aliphatic rings. The van der Waals surface area contributed by atoms with Crippen molar-refractivity contribution in [1.29, 1.82) is 0 Å². The van der Waals surface area contributed by atoms with Gasteiger partial charge in [-0.25, -0.2) is 13.6 Å². The maximum Gasteiger partial charge on any atom is 0.239 e. The number of thioether (sulfide) groups is 1. The monoisotopic (exact) mass is 232 g/mol. The molecule has 0 atom stereocenters. The lowest BCUT2D eigenvalue weighted by Gasteiger charge is -2.06. The maximum atomic E-state index is 11.2. The van der Waals surface area contributed by atoms with Gasteiger partial charge in [0.25, 0.3) is 0 Å². The number of sulfonamides is 1. The zero-order valence-corrected chi connectivity index (χ0v) is 9.36. The van der Waals surface area contributed by atoms with Crippen LogP contribution in [0.1, 0.15) is 6.92 Å². The van der Waals surface area contributed by atoms with E-state index >= 15 is 0 Å². The van der Waals surface area contributed by atoms with E-state index in [1.807, 2.05) is 6.92 Å². The second-order valence-corrected chi connectivity index (χ2v) is 5.52. The number of rotatable bonds is 3. The van der Waals surface area contributed by atoms with Gasteiger partial charge in [0, 0.05) is 10.6 Å². The first-order valence-electron chi connectivity index (χ1n) is 4.00. The topological polar surface area (TPSA) is 86.2 Å². The molecule has 0 saturated carbocycles. The third-order valence-corrected chi connectivity index (χ3v) is 3.61. The number of nitrogens with two attached hydrogens (primary N) is 2. The summed E-state index contributed by atoms with van der Waals surface area (Å²) in [4.78, 5) is 0.744. The molecule has 6 heteroatoms. The van der Waals surface area contributed by atoms with Gasteiger partial charge in [-0.05, 0) is 24.0 Å². The molecular formula is C8H12N2O2S2. The lowest BCUT2D eigenvalue weighted by molar-refractivity contribution is 0.596. The molecule has 0 radical (unpaired) electrons. The molecule has 0 unspecified atom stereocenters. The zero-order valence-electron chi connectivity index (χ0n) is 7.73. The van der Waals surface area contributed by atoms with E-state index in [2.05, 4.69) is 0 Å². The summed E-state index contributed by atoms with van der Waals surface area (Å²) in [6.45, 7) is 1.94. The van der Waals surface area contributed by atoms with Gasteiger partial charge in [0.05, 0.1) is 4.90 Å². The van der Waals surface area contributed by atoms with Crippen LogP contribution in [0.4, 0.5) is 5.69 Å². The Morgan fingerprint density at radius 1 is 1.43 bits per heavy atom. The fraction of sp³-hybridized carbons (Fsp3) is 0.250. The third kappa shape index (κ3) is 2.63. The zero-order chi connectivity index (χ0) is 10.8. The Balaban J connectivity index is 3.30. The van der Waals surface area contributed by atoms with Crippen molar-refractivity contribution in [3.63, 3.8) is 0 Å². The van der Waals surface area contributed by atoms with E-state index in [1.165, 1.54) is 17.8 Å². The number of hydrogen-bond acceptors (Lipinski definition) is 4. The Bertz CT molecular complexity index is 429. The van der Waals surface area contributed by atoms with Gasteiger partial charge in [-0.15, -0.1) is 11.8 Å². The molecule has 4 N–H and O–H groups in total. The van der Waals surface area contributed by atoms with Gasteiger partial charge < -0.3 is 5.73 Å². The van der Waals surface area contributed by atoms with Crippen LogP contribution in [-0.2, 0) is 10.0 Å². The molecule has 1 rings (SSSR count). The van der Waals surface area contributed by atoms with Crippen LogP contribution in [0.3, 0.4) is 0 Å². The SMILES string of the molecule is CCSc1ccc(N)cc1S(N)(=O)=O. The molecule has 0 aliphatic carbocycles. The summed E-state index contributed by atoms with van der Waals surface area (Å²) in [7, 11) is -3.68. The van der Waals surface area contributed by atoms with Gasteiger partial charge in [-0.2, -0.15) is 0 Å². The summed E-state index contributed by atoms with van der Waals surface area (Å²) in [5, 5.41) is 5.06. The first-order valence-corrected chi connectivity index (χ1v) is 6.53. The van der Waals surface area contributed by atoms with Crippen LogP contribution in [0, 0.1) is 0 Å². The molecule has 0 aromatic heterocycles. The van der Waals surface area contributed by atoms with Crippen LogP contribution in [-0.4, -0.2) is 14.2 Å². The molecule has 78 valence electrons. The van der Waals surface area contributed by atoms with Crippen LogP contribution < -0.4 is 10.9 Å². The Morgan fingerprint density at radius 2 is 2.07 bits per heavy atom. The fourth-order valence-electron chi connectivity index (χ4n) is 1.02. The minimum absolute atomic E-state index is 0.101. The van der Waals surface area contributed by atoms with Crippen molar-refractivity contribution in [3.8, 4) is 0 Å². The highest BCUT2D eigenvalue weighted by atomic mass is 32.2. The number of nitrogen functional groups attached to an aromatic ring is 1.